The summed E-state index contributed by atoms with van der Waals surface area (Å²) in [6.07, 6.45) is 0.190. The monoisotopic (exact) mass is 255 g/mol. The van der Waals surface area contributed by atoms with Crippen LogP contribution in [-0.4, -0.2) is 10.5 Å². The van der Waals surface area contributed by atoms with E-state index in [-0.39, 0.29) is 18.0 Å². The van der Waals surface area contributed by atoms with Crippen LogP contribution >= 0.6 is 0 Å². The largest absolute Gasteiger partial charge is 0.335 e. The summed E-state index contributed by atoms with van der Waals surface area (Å²) >= 11 is 0. The first-order chi connectivity index (χ1) is 9.10. The molecule has 1 aliphatic rings. The highest BCUT2D eigenvalue weighted by molar-refractivity contribution is 5.99. The van der Waals surface area contributed by atoms with E-state index in [4.69, 9.17) is 5.26 Å². The van der Waals surface area contributed by atoms with E-state index in [1.54, 1.807) is 29.8 Å². The van der Waals surface area contributed by atoms with Gasteiger partial charge in [-0.1, -0.05) is 0 Å². The molecule has 1 aromatic heterocycles. The SMILES string of the molecule is Cn1c(C#N)ccc1-c1cc(F)c2c(c1)CC(=O)N2. The van der Waals surface area contributed by atoms with Crippen molar-refractivity contribution in [1.29, 1.82) is 5.26 Å². The topological polar surface area (TPSA) is 57.8 Å². The van der Waals surface area contributed by atoms with Gasteiger partial charge in [0.25, 0.3) is 0 Å². The van der Waals surface area contributed by atoms with Gasteiger partial charge in [-0.2, -0.15) is 5.26 Å². The number of benzene rings is 1. The number of aromatic nitrogens is 1. The fourth-order valence-corrected chi connectivity index (χ4v) is 2.36. The molecule has 0 saturated heterocycles. The molecule has 0 unspecified atom stereocenters. The van der Waals surface area contributed by atoms with Gasteiger partial charge in [-0.25, -0.2) is 4.39 Å². The zero-order valence-electron chi connectivity index (χ0n) is 10.2. The molecule has 2 heterocycles. The van der Waals surface area contributed by atoms with Gasteiger partial charge in [0.15, 0.2) is 0 Å². The second-order valence-electron chi connectivity index (χ2n) is 4.49. The van der Waals surface area contributed by atoms with Gasteiger partial charge in [0.2, 0.25) is 5.91 Å². The number of carbonyl (C=O) groups is 1. The molecule has 3 rings (SSSR count). The normalized spacial score (nSPS) is 13.0. The van der Waals surface area contributed by atoms with E-state index < -0.39 is 5.82 Å². The van der Waals surface area contributed by atoms with E-state index >= 15 is 0 Å². The Bertz CT molecular complexity index is 740. The van der Waals surface area contributed by atoms with Crippen molar-refractivity contribution in [1.82, 2.24) is 4.57 Å². The zero-order chi connectivity index (χ0) is 13.6. The summed E-state index contributed by atoms with van der Waals surface area (Å²) in [4.78, 5) is 11.3. The van der Waals surface area contributed by atoms with Gasteiger partial charge in [-0.05, 0) is 29.8 Å². The number of nitrogens with zero attached hydrogens (tertiary/aromatic N) is 2. The molecular formula is C14H10FN3O. The standard InChI is InChI=1S/C14H10FN3O/c1-18-10(7-16)2-3-12(18)8-4-9-6-13(19)17-14(9)11(15)5-8/h2-5H,6H2,1H3,(H,17,19). The third kappa shape index (κ3) is 1.69. The summed E-state index contributed by atoms with van der Waals surface area (Å²) in [5.41, 5.74) is 2.84. The van der Waals surface area contributed by atoms with Crippen LogP contribution in [0.15, 0.2) is 24.3 Å². The number of amides is 1. The fourth-order valence-electron chi connectivity index (χ4n) is 2.36. The highest BCUT2D eigenvalue weighted by Crippen LogP contribution is 2.32. The highest BCUT2D eigenvalue weighted by Gasteiger charge is 2.22. The number of nitrogens with one attached hydrogen (secondary N) is 1. The molecule has 1 aliphatic heterocycles. The zero-order valence-corrected chi connectivity index (χ0v) is 10.2. The minimum Gasteiger partial charge on any atom is -0.335 e. The average Bonchev–Trinajstić information content (AvgIpc) is 2.91. The van der Waals surface area contributed by atoms with Crippen LogP contribution in [-0.2, 0) is 18.3 Å². The minimum absolute atomic E-state index is 0.190. The number of hydrogen-bond donors (Lipinski definition) is 1. The van der Waals surface area contributed by atoms with Crippen LogP contribution in [0.4, 0.5) is 10.1 Å². The van der Waals surface area contributed by atoms with Gasteiger partial charge < -0.3 is 9.88 Å². The van der Waals surface area contributed by atoms with Crippen LogP contribution in [0.25, 0.3) is 11.3 Å². The lowest BCUT2D eigenvalue weighted by Crippen LogP contribution is -2.04. The molecule has 0 spiro atoms. The number of anilines is 1. The summed E-state index contributed by atoms with van der Waals surface area (Å²) in [5.74, 6) is -0.645. The van der Waals surface area contributed by atoms with Crippen LogP contribution in [0.3, 0.4) is 0 Å². The maximum absolute atomic E-state index is 13.9. The number of fused-ring (bicyclic) bond motifs is 1. The summed E-state index contributed by atoms with van der Waals surface area (Å²) in [5, 5.41) is 11.4. The smallest absolute Gasteiger partial charge is 0.228 e. The Morgan fingerprint density at radius 2 is 2.21 bits per heavy atom. The number of nitriles is 1. The van der Waals surface area contributed by atoms with Gasteiger partial charge in [-0.3, -0.25) is 4.79 Å². The van der Waals surface area contributed by atoms with Crippen molar-refractivity contribution in [2.75, 3.05) is 5.32 Å². The first kappa shape index (κ1) is 11.5. The Balaban J connectivity index is 2.15. The predicted molar refractivity (Wildman–Crippen MR) is 67.9 cm³/mol. The van der Waals surface area contributed by atoms with Crippen LogP contribution in [0.1, 0.15) is 11.3 Å². The molecule has 0 saturated carbocycles. The van der Waals surface area contributed by atoms with E-state index in [0.717, 1.165) is 5.69 Å². The fraction of sp³-hybridized carbons (Fsp3) is 0.143. The first-order valence-electron chi connectivity index (χ1n) is 5.78. The molecule has 1 N–H and O–H groups in total. The summed E-state index contributed by atoms with van der Waals surface area (Å²) in [6, 6.07) is 8.67. The third-order valence-electron chi connectivity index (χ3n) is 3.32. The molecular weight excluding hydrogens is 245 g/mol. The van der Waals surface area contributed by atoms with Crippen LogP contribution < -0.4 is 5.32 Å². The average molecular weight is 255 g/mol. The molecule has 0 fully saturated rings. The van der Waals surface area contributed by atoms with Crippen molar-refractivity contribution in [3.8, 4) is 17.3 Å². The molecule has 0 aliphatic carbocycles. The van der Waals surface area contributed by atoms with Gasteiger partial charge in [0.05, 0.1) is 12.1 Å². The lowest BCUT2D eigenvalue weighted by molar-refractivity contribution is -0.115. The summed E-state index contributed by atoms with van der Waals surface area (Å²) in [7, 11) is 1.75. The molecule has 0 bridgehead atoms. The van der Waals surface area contributed by atoms with E-state index in [1.807, 2.05) is 0 Å². The number of rotatable bonds is 1. The van der Waals surface area contributed by atoms with Gasteiger partial charge in [0, 0.05) is 18.3 Å². The minimum atomic E-state index is -0.446. The third-order valence-corrected chi connectivity index (χ3v) is 3.32. The molecule has 5 heteroatoms. The second-order valence-corrected chi connectivity index (χ2v) is 4.49. The van der Waals surface area contributed by atoms with E-state index in [0.29, 0.717) is 16.8 Å². The number of halogens is 1. The highest BCUT2D eigenvalue weighted by atomic mass is 19.1. The number of carbonyl (C=O) groups excluding carboxylic acids is 1. The molecule has 1 amide bonds. The summed E-state index contributed by atoms with van der Waals surface area (Å²) in [6.45, 7) is 0. The van der Waals surface area contributed by atoms with Crippen molar-refractivity contribution in [2.45, 2.75) is 6.42 Å². The van der Waals surface area contributed by atoms with Gasteiger partial charge in [-0.15, -0.1) is 0 Å². The van der Waals surface area contributed by atoms with Crippen molar-refractivity contribution >= 4 is 11.6 Å². The Morgan fingerprint density at radius 1 is 1.42 bits per heavy atom. The predicted octanol–water partition coefficient (Wildman–Crippen LogP) is 2.20. The molecule has 2 aromatic rings. The lowest BCUT2D eigenvalue weighted by Gasteiger charge is -2.07. The second kappa shape index (κ2) is 3.95. The Hall–Kier alpha value is -2.61. The molecule has 1 aromatic carbocycles. The van der Waals surface area contributed by atoms with Crippen molar-refractivity contribution in [2.24, 2.45) is 7.05 Å². The van der Waals surface area contributed by atoms with Crippen LogP contribution in [0.2, 0.25) is 0 Å². The quantitative estimate of drug-likeness (QED) is 0.849. The van der Waals surface area contributed by atoms with Crippen molar-refractivity contribution < 1.29 is 9.18 Å². The first-order valence-corrected chi connectivity index (χ1v) is 5.78. The maximum atomic E-state index is 13.9. The lowest BCUT2D eigenvalue weighted by atomic mass is 10.1. The molecule has 0 radical (unpaired) electrons. The van der Waals surface area contributed by atoms with Gasteiger partial charge in [0.1, 0.15) is 17.6 Å². The van der Waals surface area contributed by atoms with Crippen molar-refractivity contribution in [3.63, 3.8) is 0 Å². The Labute approximate surface area is 109 Å². The molecule has 4 nitrogen and oxygen atoms in total. The van der Waals surface area contributed by atoms with Crippen LogP contribution in [0, 0.1) is 17.1 Å². The molecule has 19 heavy (non-hydrogen) atoms. The van der Waals surface area contributed by atoms with E-state index in [1.165, 1.54) is 6.07 Å². The molecule has 94 valence electrons. The Kier molecular flexibility index (Phi) is 2.39. The van der Waals surface area contributed by atoms with Crippen molar-refractivity contribution in [3.05, 3.63) is 41.3 Å². The van der Waals surface area contributed by atoms with E-state index in [9.17, 15) is 9.18 Å². The molecule has 0 atom stereocenters. The van der Waals surface area contributed by atoms with Gasteiger partial charge >= 0.3 is 0 Å². The van der Waals surface area contributed by atoms with E-state index in [2.05, 4.69) is 11.4 Å². The van der Waals surface area contributed by atoms with Crippen LogP contribution in [0.5, 0.6) is 0 Å². The Morgan fingerprint density at radius 3 is 2.89 bits per heavy atom. The number of hydrogen-bond acceptors (Lipinski definition) is 2. The maximum Gasteiger partial charge on any atom is 0.228 e. The summed E-state index contributed by atoms with van der Waals surface area (Å²) < 4.78 is 15.6.